The average molecular weight is 302 g/mol. The molecule has 0 radical (unpaired) electrons. The van der Waals surface area contributed by atoms with Gasteiger partial charge in [-0.25, -0.2) is 4.39 Å². The van der Waals surface area contributed by atoms with Crippen LogP contribution in [0.4, 0.5) is 4.39 Å². The van der Waals surface area contributed by atoms with Crippen LogP contribution in [0.1, 0.15) is 31.7 Å². The molecule has 0 saturated carbocycles. The van der Waals surface area contributed by atoms with Gasteiger partial charge in [0.2, 0.25) is 0 Å². The summed E-state index contributed by atoms with van der Waals surface area (Å²) in [5.41, 5.74) is 1.12. The minimum atomic E-state index is -0.335. The molecule has 0 aromatic heterocycles. The van der Waals surface area contributed by atoms with E-state index >= 15 is 0 Å². The molecular formula is C15H21ClFNS. The van der Waals surface area contributed by atoms with Crippen molar-refractivity contribution < 1.29 is 4.39 Å². The largest absolute Gasteiger partial charge is 0.313 e. The maximum absolute atomic E-state index is 13.2. The molecule has 1 N–H and O–H groups in total. The number of nitrogens with one attached hydrogen (secondary N) is 1. The maximum Gasteiger partial charge on any atom is 0.141 e. The Hall–Kier alpha value is -0.250. The number of hydrogen-bond acceptors (Lipinski definition) is 2. The van der Waals surface area contributed by atoms with E-state index in [-0.39, 0.29) is 10.8 Å². The molecule has 19 heavy (non-hydrogen) atoms. The summed E-state index contributed by atoms with van der Waals surface area (Å²) in [4.78, 5) is 0. The Morgan fingerprint density at radius 1 is 1.53 bits per heavy atom. The van der Waals surface area contributed by atoms with Crippen LogP contribution in [0, 0.1) is 5.82 Å². The summed E-state index contributed by atoms with van der Waals surface area (Å²) < 4.78 is 13.2. The smallest absolute Gasteiger partial charge is 0.141 e. The fourth-order valence-corrected chi connectivity index (χ4v) is 4.10. The van der Waals surface area contributed by atoms with E-state index in [4.69, 9.17) is 11.6 Å². The van der Waals surface area contributed by atoms with Crippen molar-refractivity contribution >= 4 is 23.4 Å². The quantitative estimate of drug-likeness (QED) is 0.841. The number of halogens is 2. The minimum Gasteiger partial charge on any atom is -0.313 e. The molecule has 1 aliphatic rings. The summed E-state index contributed by atoms with van der Waals surface area (Å²) in [5.74, 6) is 0.929. The van der Waals surface area contributed by atoms with Crippen LogP contribution < -0.4 is 5.32 Å². The van der Waals surface area contributed by atoms with E-state index < -0.39 is 0 Å². The highest BCUT2D eigenvalue weighted by Gasteiger charge is 2.25. The molecule has 1 aromatic carbocycles. The molecule has 1 fully saturated rings. The lowest BCUT2D eigenvalue weighted by Crippen LogP contribution is -2.39. The molecule has 2 atom stereocenters. The van der Waals surface area contributed by atoms with Gasteiger partial charge in [0.1, 0.15) is 5.82 Å². The van der Waals surface area contributed by atoms with Crippen LogP contribution in [0.3, 0.4) is 0 Å². The third kappa shape index (κ3) is 4.37. The molecule has 0 bridgehead atoms. The van der Waals surface area contributed by atoms with Gasteiger partial charge in [0.15, 0.2) is 0 Å². The molecule has 1 heterocycles. The van der Waals surface area contributed by atoms with Gasteiger partial charge >= 0.3 is 0 Å². The lowest BCUT2D eigenvalue weighted by molar-refractivity contribution is 0.481. The van der Waals surface area contributed by atoms with Crippen molar-refractivity contribution in [3.05, 3.63) is 34.6 Å². The van der Waals surface area contributed by atoms with E-state index in [0.29, 0.717) is 11.3 Å². The van der Waals surface area contributed by atoms with Gasteiger partial charge in [-0.05, 0) is 55.7 Å². The zero-order chi connectivity index (χ0) is 13.7. The van der Waals surface area contributed by atoms with Crippen molar-refractivity contribution in [2.24, 2.45) is 0 Å². The standard InChI is InChI=1S/C15H21ClFNS/c1-2-7-18-14(15-4-3-8-19-15)10-11-5-6-13(17)12(16)9-11/h5-6,9,14-15,18H,2-4,7-8,10H2,1H3. The van der Waals surface area contributed by atoms with Gasteiger partial charge in [-0.15, -0.1) is 0 Å². The first-order valence-corrected chi connectivity index (χ1v) is 8.42. The van der Waals surface area contributed by atoms with E-state index in [0.717, 1.165) is 24.9 Å². The van der Waals surface area contributed by atoms with Gasteiger partial charge in [-0.3, -0.25) is 0 Å². The third-order valence-corrected chi connectivity index (χ3v) is 5.32. The highest BCUT2D eigenvalue weighted by molar-refractivity contribution is 8.00. The molecule has 1 nitrogen and oxygen atoms in total. The summed E-state index contributed by atoms with van der Waals surface area (Å²) in [6, 6.07) is 5.54. The van der Waals surface area contributed by atoms with Crippen LogP contribution in [0.25, 0.3) is 0 Å². The van der Waals surface area contributed by atoms with E-state index in [1.807, 2.05) is 6.07 Å². The lowest BCUT2D eigenvalue weighted by Gasteiger charge is -2.24. The van der Waals surface area contributed by atoms with Crippen LogP contribution in [-0.4, -0.2) is 23.6 Å². The summed E-state index contributed by atoms with van der Waals surface area (Å²) in [7, 11) is 0. The second kappa shape index (κ2) is 7.51. The fourth-order valence-electron chi connectivity index (χ4n) is 2.51. The van der Waals surface area contributed by atoms with Crippen molar-refractivity contribution in [2.45, 2.75) is 43.9 Å². The molecule has 0 amide bonds. The number of thioether (sulfide) groups is 1. The SMILES string of the molecule is CCCNC(Cc1ccc(F)c(Cl)c1)C1CCCS1. The third-order valence-electron chi connectivity index (χ3n) is 3.51. The van der Waals surface area contributed by atoms with Crippen LogP contribution in [0.15, 0.2) is 18.2 Å². The molecule has 106 valence electrons. The minimum absolute atomic E-state index is 0.228. The van der Waals surface area contributed by atoms with Gasteiger partial charge in [0, 0.05) is 11.3 Å². The van der Waals surface area contributed by atoms with E-state index in [9.17, 15) is 4.39 Å². The van der Waals surface area contributed by atoms with Gasteiger partial charge in [0.25, 0.3) is 0 Å². The lowest BCUT2D eigenvalue weighted by atomic mass is 10.0. The Kier molecular flexibility index (Phi) is 5.99. The zero-order valence-corrected chi connectivity index (χ0v) is 12.9. The summed E-state index contributed by atoms with van der Waals surface area (Å²) in [6.07, 6.45) is 4.65. The second-order valence-electron chi connectivity index (χ2n) is 5.06. The highest BCUT2D eigenvalue weighted by Crippen LogP contribution is 2.30. The van der Waals surface area contributed by atoms with Gasteiger partial charge in [-0.2, -0.15) is 11.8 Å². The normalized spacial score (nSPS) is 20.7. The topological polar surface area (TPSA) is 12.0 Å². The monoisotopic (exact) mass is 301 g/mol. The van der Waals surface area contributed by atoms with Crippen molar-refractivity contribution in [3.8, 4) is 0 Å². The van der Waals surface area contributed by atoms with E-state index in [1.165, 1.54) is 24.7 Å². The Bertz CT molecular complexity index is 407. The van der Waals surface area contributed by atoms with Gasteiger partial charge in [0.05, 0.1) is 5.02 Å². The first-order chi connectivity index (χ1) is 9.20. The molecule has 2 rings (SSSR count). The van der Waals surface area contributed by atoms with E-state index in [1.54, 1.807) is 6.07 Å². The van der Waals surface area contributed by atoms with Crippen LogP contribution in [0.5, 0.6) is 0 Å². The molecule has 1 saturated heterocycles. The molecule has 4 heteroatoms. The molecule has 1 aliphatic heterocycles. The second-order valence-corrected chi connectivity index (χ2v) is 6.82. The molecule has 0 spiro atoms. The molecule has 2 unspecified atom stereocenters. The first kappa shape index (κ1) is 15.1. The predicted molar refractivity (Wildman–Crippen MR) is 82.7 cm³/mol. The Balaban J connectivity index is 2.03. The molecular weight excluding hydrogens is 281 g/mol. The highest BCUT2D eigenvalue weighted by atomic mass is 35.5. The molecule has 1 aromatic rings. The Morgan fingerprint density at radius 2 is 2.37 bits per heavy atom. The number of hydrogen-bond donors (Lipinski definition) is 1. The van der Waals surface area contributed by atoms with Crippen LogP contribution in [-0.2, 0) is 6.42 Å². The van der Waals surface area contributed by atoms with Crippen molar-refractivity contribution in [3.63, 3.8) is 0 Å². The number of rotatable bonds is 6. The Labute approximate surface area is 124 Å². The van der Waals surface area contributed by atoms with Gasteiger partial charge < -0.3 is 5.32 Å². The van der Waals surface area contributed by atoms with Crippen LogP contribution in [0.2, 0.25) is 5.02 Å². The summed E-state index contributed by atoms with van der Waals surface area (Å²) >= 11 is 7.92. The maximum atomic E-state index is 13.2. The predicted octanol–water partition coefficient (Wildman–Crippen LogP) is 4.29. The Morgan fingerprint density at radius 3 is 3.00 bits per heavy atom. The summed E-state index contributed by atoms with van der Waals surface area (Å²) in [5, 5.41) is 4.54. The summed E-state index contributed by atoms with van der Waals surface area (Å²) in [6.45, 7) is 3.22. The van der Waals surface area contributed by atoms with Gasteiger partial charge in [-0.1, -0.05) is 24.6 Å². The van der Waals surface area contributed by atoms with E-state index in [2.05, 4.69) is 24.0 Å². The zero-order valence-electron chi connectivity index (χ0n) is 11.3. The number of benzene rings is 1. The van der Waals surface area contributed by atoms with Crippen LogP contribution >= 0.6 is 23.4 Å². The fraction of sp³-hybridized carbons (Fsp3) is 0.600. The van der Waals surface area contributed by atoms with Crippen molar-refractivity contribution in [1.29, 1.82) is 0 Å². The average Bonchev–Trinajstić information content (AvgIpc) is 2.92. The first-order valence-electron chi connectivity index (χ1n) is 6.99. The van der Waals surface area contributed by atoms with Crippen molar-refractivity contribution in [1.82, 2.24) is 5.32 Å². The molecule has 0 aliphatic carbocycles. The van der Waals surface area contributed by atoms with Crippen molar-refractivity contribution in [2.75, 3.05) is 12.3 Å².